The molecule has 1 heterocycles. The van der Waals surface area contributed by atoms with Crippen molar-refractivity contribution in [3.8, 4) is 5.69 Å². The van der Waals surface area contributed by atoms with E-state index in [4.69, 9.17) is 0 Å². The molecule has 1 aliphatic carbocycles. The van der Waals surface area contributed by atoms with Crippen molar-refractivity contribution in [1.29, 1.82) is 0 Å². The van der Waals surface area contributed by atoms with Crippen LogP contribution in [0.5, 0.6) is 0 Å². The number of allylic oxidation sites excluding steroid dienone is 1. The average molecular weight is 295 g/mol. The first-order chi connectivity index (χ1) is 11.3. The van der Waals surface area contributed by atoms with Gasteiger partial charge in [-0.2, -0.15) is 0 Å². The smallest absolute Gasteiger partial charge is 0.0541 e. The van der Waals surface area contributed by atoms with Crippen LogP contribution >= 0.6 is 0 Å². The molecule has 4 aromatic rings. The molecule has 110 valence electrons. The lowest BCUT2D eigenvalue weighted by molar-refractivity contribution is 1.10. The molecule has 5 rings (SSSR count). The zero-order valence-corrected chi connectivity index (χ0v) is 13.1. The van der Waals surface area contributed by atoms with Crippen LogP contribution in [0.3, 0.4) is 0 Å². The SMILES string of the molecule is CC1=Cc2cccc(-n3c4ccccc4c4ccccc43)c2C1. The minimum Gasteiger partial charge on any atom is -0.309 e. The number of hydrogen-bond acceptors (Lipinski definition) is 0. The van der Waals surface area contributed by atoms with Gasteiger partial charge in [-0.3, -0.25) is 0 Å². The molecule has 1 aliphatic rings. The van der Waals surface area contributed by atoms with Crippen LogP contribution in [0, 0.1) is 0 Å². The molecular formula is C22H17N. The van der Waals surface area contributed by atoms with E-state index in [0.29, 0.717) is 0 Å². The predicted molar refractivity (Wildman–Crippen MR) is 98.1 cm³/mol. The average Bonchev–Trinajstić information content (AvgIpc) is 3.12. The van der Waals surface area contributed by atoms with Crippen LogP contribution in [0.4, 0.5) is 0 Å². The van der Waals surface area contributed by atoms with Crippen LogP contribution in [0.15, 0.2) is 72.3 Å². The van der Waals surface area contributed by atoms with Crippen LogP contribution in [-0.4, -0.2) is 4.57 Å². The monoisotopic (exact) mass is 295 g/mol. The Morgan fingerprint density at radius 2 is 1.39 bits per heavy atom. The Morgan fingerprint density at radius 1 is 0.739 bits per heavy atom. The van der Waals surface area contributed by atoms with Crippen molar-refractivity contribution in [1.82, 2.24) is 4.57 Å². The summed E-state index contributed by atoms with van der Waals surface area (Å²) in [7, 11) is 0. The number of fused-ring (bicyclic) bond motifs is 4. The van der Waals surface area contributed by atoms with Crippen molar-refractivity contribution in [3.05, 3.63) is 83.4 Å². The van der Waals surface area contributed by atoms with Gasteiger partial charge in [0.15, 0.2) is 0 Å². The first kappa shape index (κ1) is 12.7. The Hall–Kier alpha value is -2.80. The van der Waals surface area contributed by atoms with Crippen LogP contribution in [0.2, 0.25) is 0 Å². The molecule has 0 bridgehead atoms. The summed E-state index contributed by atoms with van der Waals surface area (Å²) in [6.45, 7) is 2.22. The standard InChI is InChI=1S/C22H17N/c1-15-13-16-7-6-12-22(19(16)14-15)23-20-10-4-2-8-17(20)18-9-3-5-11-21(18)23/h2-13H,14H2,1H3. The number of hydrogen-bond donors (Lipinski definition) is 0. The molecule has 0 amide bonds. The van der Waals surface area contributed by atoms with Crippen LogP contribution in [0.1, 0.15) is 18.1 Å². The number of para-hydroxylation sites is 2. The Bertz CT molecular complexity index is 1040. The summed E-state index contributed by atoms with van der Waals surface area (Å²) in [4.78, 5) is 0. The van der Waals surface area contributed by atoms with Crippen molar-refractivity contribution in [2.75, 3.05) is 0 Å². The van der Waals surface area contributed by atoms with E-state index in [1.807, 2.05) is 0 Å². The van der Waals surface area contributed by atoms with Gasteiger partial charge in [0.25, 0.3) is 0 Å². The molecule has 0 aliphatic heterocycles. The molecular weight excluding hydrogens is 278 g/mol. The van der Waals surface area contributed by atoms with Crippen molar-refractivity contribution in [3.63, 3.8) is 0 Å². The minimum atomic E-state index is 1.05. The van der Waals surface area contributed by atoms with Gasteiger partial charge in [0, 0.05) is 10.8 Å². The summed E-state index contributed by atoms with van der Waals surface area (Å²) < 4.78 is 2.43. The van der Waals surface area contributed by atoms with Crippen LogP contribution in [-0.2, 0) is 6.42 Å². The summed E-state index contributed by atoms with van der Waals surface area (Å²) >= 11 is 0. The quantitative estimate of drug-likeness (QED) is 0.422. The van der Waals surface area contributed by atoms with Crippen molar-refractivity contribution >= 4 is 27.9 Å². The van der Waals surface area contributed by atoms with Gasteiger partial charge in [-0.25, -0.2) is 0 Å². The van der Waals surface area contributed by atoms with E-state index in [2.05, 4.69) is 84.3 Å². The molecule has 0 saturated heterocycles. The summed E-state index contributed by atoms with van der Waals surface area (Å²) in [6, 6.07) is 24.1. The number of benzene rings is 3. The fraction of sp³-hybridized carbons (Fsp3) is 0.0909. The lowest BCUT2D eigenvalue weighted by atomic mass is 10.1. The first-order valence-corrected chi connectivity index (χ1v) is 8.10. The molecule has 0 spiro atoms. The Morgan fingerprint density at radius 3 is 2.09 bits per heavy atom. The minimum absolute atomic E-state index is 1.05. The molecule has 0 saturated carbocycles. The van der Waals surface area contributed by atoms with Crippen molar-refractivity contribution in [2.24, 2.45) is 0 Å². The summed E-state index contributed by atoms with van der Waals surface area (Å²) in [5.74, 6) is 0. The van der Waals surface area contributed by atoms with Crippen LogP contribution < -0.4 is 0 Å². The third-order valence-corrected chi connectivity index (χ3v) is 4.87. The maximum atomic E-state index is 2.43. The molecule has 1 nitrogen and oxygen atoms in total. The number of rotatable bonds is 1. The molecule has 0 fully saturated rings. The van der Waals surface area contributed by atoms with Gasteiger partial charge >= 0.3 is 0 Å². The molecule has 23 heavy (non-hydrogen) atoms. The van der Waals surface area contributed by atoms with E-state index < -0.39 is 0 Å². The van der Waals surface area contributed by atoms with Gasteiger partial charge in [0.05, 0.1) is 16.7 Å². The molecule has 1 aromatic heterocycles. The maximum Gasteiger partial charge on any atom is 0.0541 e. The van der Waals surface area contributed by atoms with E-state index >= 15 is 0 Å². The Labute approximate surface area is 135 Å². The molecule has 1 heteroatoms. The van der Waals surface area contributed by atoms with Crippen molar-refractivity contribution in [2.45, 2.75) is 13.3 Å². The van der Waals surface area contributed by atoms with Crippen LogP contribution in [0.25, 0.3) is 33.6 Å². The molecule has 0 radical (unpaired) electrons. The highest BCUT2D eigenvalue weighted by Gasteiger charge is 2.18. The van der Waals surface area contributed by atoms with E-state index in [9.17, 15) is 0 Å². The lowest BCUT2D eigenvalue weighted by Gasteiger charge is -2.13. The van der Waals surface area contributed by atoms with Gasteiger partial charge < -0.3 is 4.57 Å². The first-order valence-electron chi connectivity index (χ1n) is 8.10. The molecule has 0 unspecified atom stereocenters. The molecule has 3 aromatic carbocycles. The van der Waals surface area contributed by atoms with Crippen molar-refractivity contribution < 1.29 is 0 Å². The number of nitrogens with zero attached hydrogens (tertiary/aromatic N) is 1. The lowest BCUT2D eigenvalue weighted by Crippen LogP contribution is -1.99. The zero-order chi connectivity index (χ0) is 15.4. The fourth-order valence-electron chi connectivity index (χ4n) is 3.91. The number of aromatic nitrogens is 1. The van der Waals surface area contributed by atoms with E-state index in [-0.39, 0.29) is 0 Å². The summed E-state index contributed by atoms with van der Waals surface area (Å²) in [6.07, 6.45) is 3.36. The van der Waals surface area contributed by atoms with E-state index in [1.165, 1.54) is 44.2 Å². The highest BCUT2D eigenvalue weighted by molar-refractivity contribution is 6.09. The Balaban J connectivity index is 1.93. The third-order valence-electron chi connectivity index (χ3n) is 4.87. The maximum absolute atomic E-state index is 2.43. The van der Waals surface area contributed by atoms with Gasteiger partial charge in [-0.1, -0.05) is 60.2 Å². The largest absolute Gasteiger partial charge is 0.309 e. The fourth-order valence-corrected chi connectivity index (χ4v) is 3.91. The highest BCUT2D eigenvalue weighted by Crippen LogP contribution is 2.36. The second-order valence-electron chi connectivity index (χ2n) is 6.38. The normalized spacial score (nSPS) is 13.5. The molecule has 0 N–H and O–H groups in total. The summed E-state index contributed by atoms with van der Waals surface area (Å²) in [5, 5.41) is 2.65. The predicted octanol–water partition coefficient (Wildman–Crippen LogP) is 5.74. The van der Waals surface area contributed by atoms with Gasteiger partial charge in [-0.15, -0.1) is 0 Å². The topological polar surface area (TPSA) is 4.93 Å². The van der Waals surface area contributed by atoms with Gasteiger partial charge in [-0.05, 0) is 42.7 Å². The Kier molecular flexibility index (Phi) is 2.54. The van der Waals surface area contributed by atoms with E-state index in [0.717, 1.165) is 6.42 Å². The van der Waals surface area contributed by atoms with Gasteiger partial charge in [0.2, 0.25) is 0 Å². The highest BCUT2D eigenvalue weighted by atomic mass is 15.0. The molecule has 0 atom stereocenters. The summed E-state index contributed by atoms with van der Waals surface area (Å²) in [5.41, 5.74) is 8.12. The zero-order valence-electron chi connectivity index (χ0n) is 13.1. The second kappa shape index (κ2) is 4.60. The second-order valence-corrected chi connectivity index (χ2v) is 6.38. The van der Waals surface area contributed by atoms with E-state index in [1.54, 1.807) is 0 Å². The van der Waals surface area contributed by atoms with Gasteiger partial charge in [0.1, 0.15) is 0 Å². The third kappa shape index (κ3) is 1.74.